The molecule has 1 unspecified atom stereocenters. The number of hydrogen-bond acceptors (Lipinski definition) is 2. The van der Waals surface area contributed by atoms with Crippen LogP contribution in [0.5, 0.6) is 0 Å². The Hall–Kier alpha value is -0.370. The van der Waals surface area contributed by atoms with Crippen LogP contribution in [0.3, 0.4) is 0 Å². The molecule has 18 heavy (non-hydrogen) atoms. The Bertz CT molecular complexity index is 264. The fourth-order valence-electron chi connectivity index (χ4n) is 1.36. The molecule has 2 N–H and O–H groups in total. The standard InChI is InChI=1S/C8H10B2F6O2/c1-3(9)2-4(10)5(17)6(18,7(11,12)13)8(14,15)16/h3-5,17-18H,2H2,1H3/t3?,4-,5-/m0/s1. The SMILES string of the molecule is [B]C(C)C[C@H]([B])[C@H](O)C(O)(C(F)(F)F)C(F)(F)F. The number of aliphatic hydroxyl groups excluding tert-OH is 1. The van der Waals surface area contributed by atoms with E-state index in [0.29, 0.717) is 0 Å². The second-order valence-corrected chi connectivity index (χ2v) is 4.08. The van der Waals surface area contributed by atoms with Crippen molar-refractivity contribution in [2.75, 3.05) is 0 Å². The maximum Gasteiger partial charge on any atom is 0.428 e. The molecule has 0 rings (SSSR count). The second-order valence-electron chi connectivity index (χ2n) is 4.08. The lowest BCUT2D eigenvalue weighted by atomic mass is 9.67. The van der Waals surface area contributed by atoms with Gasteiger partial charge in [0.15, 0.2) is 0 Å². The largest absolute Gasteiger partial charge is 0.428 e. The molecule has 0 spiro atoms. The normalized spacial score (nSPS) is 19.4. The first kappa shape index (κ1) is 17.6. The summed E-state index contributed by atoms with van der Waals surface area (Å²) in [5, 5.41) is 17.9. The molecule has 0 aliphatic carbocycles. The fourth-order valence-corrected chi connectivity index (χ4v) is 1.36. The Morgan fingerprint density at radius 3 is 1.56 bits per heavy atom. The minimum absolute atomic E-state index is 0.518. The fraction of sp³-hybridized carbons (Fsp3) is 1.00. The number of alkyl halides is 6. The molecule has 10 heteroatoms. The Balaban J connectivity index is 5.37. The van der Waals surface area contributed by atoms with E-state index in [1.54, 1.807) is 0 Å². The van der Waals surface area contributed by atoms with Crippen LogP contribution in [-0.4, -0.2) is 50.0 Å². The second kappa shape index (κ2) is 5.32. The highest BCUT2D eigenvalue weighted by atomic mass is 19.4. The summed E-state index contributed by atoms with van der Waals surface area (Å²) in [6.07, 6.45) is -16.0. The van der Waals surface area contributed by atoms with Crippen LogP contribution in [0.1, 0.15) is 13.3 Å². The van der Waals surface area contributed by atoms with Crippen molar-refractivity contribution in [1.29, 1.82) is 0 Å². The predicted molar refractivity (Wildman–Crippen MR) is 52.4 cm³/mol. The van der Waals surface area contributed by atoms with Crippen LogP contribution in [0.25, 0.3) is 0 Å². The quantitative estimate of drug-likeness (QED) is 0.602. The van der Waals surface area contributed by atoms with Crippen molar-refractivity contribution in [3.63, 3.8) is 0 Å². The van der Waals surface area contributed by atoms with Crippen LogP contribution >= 0.6 is 0 Å². The zero-order valence-electron chi connectivity index (χ0n) is 9.26. The van der Waals surface area contributed by atoms with Gasteiger partial charge in [-0.1, -0.05) is 19.2 Å². The Morgan fingerprint density at radius 2 is 1.33 bits per heavy atom. The van der Waals surface area contributed by atoms with Crippen LogP contribution in [0.4, 0.5) is 26.3 Å². The van der Waals surface area contributed by atoms with E-state index in [9.17, 15) is 26.3 Å². The zero-order chi connectivity index (χ0) is 14.9. The van der Waals surface area contributed by atoms with Gasteiger partial charge in [0.05, 0.1) is 21.8 Å². The van der Waals surface area contributed by atoms with E-state index in [2.05, 4.69) is 0 Å². The minimum atomic E-state index is -6.11. The highest BCUT2D eigenvalue weighted by Gasteiger charge is 2.74. The van der Waals surface area contributed by atoms with Crippen LogP contribution in [0, 0.1) is 0 Å². The third-order valence-electron chi connectivity index (χ3n) is 2.34. The minimum Gasteiger partial charge on any atom is -0.390 e. The molecule has 102 valence electrons. The van der Waals surface area contributed by atoms with Gasteiger partial charge in [0.25, 0.3) is 5.60 Å². The van der Waals surface area contributed by atoms with Crippen molar-refractivity contribution >= 4 is 15.7 Å². The highest BCUT2D eigenvalue weighted by Crippen LogP contribution is 2.48. The maximum absolute atomic E-state index is 12.3. The van der Waals surface area contributed by atoms with E-state index in [-0.39, 0.29) is 0 Å². The average Bonchev–Trinajstić information content (AvgIpc) is 2.10. The lowest BCUT2D eigenvalue weighted by Gasteiger charge is -2.39. The topological polar surface area (TPSA) is 40.5 Å². The maximum atomic E-state index is 12.3. The molecule has 0 aliphatic heterocycles. The first-order valence-corrected chi connectivity index (χ1v) is 4.80. The zero-order valence-corrected chi connectivity index (χ0v) is 9.26. The van der Waals surface area contributed by atoms with Crippen molar-refractivity contribution in [3.05, 3.63) is 0 Å². The Kier molecular flexibility index (Phi) is 5.21. The van der Waals surface area contributed by atoms with Gasteiger partial charge >= 0.3 is 12.4 Å². The van der Waals surface area contributed by atoms with Gasteiger partial charge < -0.3 is 10.2 Å². The molecule has 0 heterocycles. The van der Waals surface area contributed by atoms with Gasteiger partial charge in [0, 0.05) is 0 Å². The molecule has 0 amide bonds. The van der Waals surface area contributed by atoms with Gasteiger partial charge in [-0.3, -0.25) is 0 Å². The number of halogens is 6. The number of aliphatic hydroxyl groups is 2. The van der Waals surface area contributed by atoms with Crippen LogP contribution in [0.15, 0.2) is 0 Å². The van der Waals surface area contributed by atoms with Crippen LogP contribution in [0.2, 0.25) is 11.6 Å². The van der Waals surface area contributed by atoms with Gasteiger partial charge in [0.1, 0.15) is 0 Å². The van der Waals surface area contributed by atoms with Crippen molar-refractivity contribution < 1.29 is 36.6 Å². The molecule has 0 saturated heterocycles. The molecule has 0 bridgehead atoms. The Labute approximate surface area is 102 Å². The smallest absolute Gasteiger partial charge is 0.390 e. The van der Waals surface area contributed by atoms with E-state index in [4.69, 9.17) is 25.9 Å². The first-order valence-electron chi connectivity index (χ1n) is 4.80. The molecule has 0 fully saturated rings. The summed E-state index contributed by atoms with van der Waals surface area (Å²) in [5.74, 6) is -2.81. The molecule has 3 atom stereocenters. The summed E-state index contributed by atoms with van der Waals surface area (Å²) in [6, 6.07) is 0. The molecule has 0 aromatic carbocycles. The van der Waals surface area contributed by atoms with E-state index in [0.717, 1.165) is 0 Å². The molecule has 2 nitrogen and oxygen atoms in total. The predicted octanol–water partition coefficient (Wildman–Crippen LogP) is 1.53. The molecule has 0 saturated carbocycles. The van der Waals surface area contributed by atoms with Gasteiger partial charge in [-0.2, -0.15) is 26.3 Å². The summed E-state index contributed by atoms with van der Waals surface area (Å²) in [7, 11) is 10.2. The summed E-state index contributed by atoms with van der Waals surface area (Å²) < 4.78 is 74.0. The number of hydrogen-bond donors (Lipinski definition) is 2. The van der Waals surface area contributed by atoms with E-state index in [1.807, 2.05) is 0 Å². The third kappa shape index (κ3) is 3.34. The van der Waals surface area contributed by atoms with Gasteiger partial charge in [-0.25, -0.2) is 0 Å². The average molecular weight is 274 g/mol. The van der Waals surface area contributed by atoms with Crippen molar-refractivity contribution in [2.45, 2.75) is 49.0 Å². The van der Waals surface area contributed by atoms with Crippen molar-refractivity contribution in [2.24, 2.45) is 0 Å². The van der Waals surface area contributed by atoms with Crippen molar-refractivity contribution in [1.82, 2.24) is 0 Å². The molecular formula is C8H10B2F6O2. The summed E-state index contributed by atoms with van der Waals surface area (Å²) in [4.78, 5) is 0. The Morgan fingerprint density at radius 1 is 1.00 bits per heavy atom. The third-order valence-corrected chi connectivity index (χ3v) is 2.34. The molecule has 0 aromatic heterocycles. The van der Waals surface area contributed by atoms with Gasteiger partial charge in [-0.05, 0) is 5.82 Å². The molecule has 0 aromatic rings. The van der Waals surface area contributed by atoms with Crippen LogP contribution in [-0.2, 0) is 0 Å². The first-order chi connectivity index (χ1) is 7.75. The van der Waals surface area contributed by atoms with Gasteiger partial charge in [-0.15, -0.1) is 0 Å². The van der Waals surface area contributed by atoms with E-state index >= 15 is 0 Å². The molecule has 0 aliphatic rings. The molecular weight excluding hydrogens is 264 g/mol. The van der Waals surface area contributed by atoms with Gasteiger partial charge in [0.2, 0.25) is 0 Å². The highest BCUT2D eigenvalue weighted by molar-refractivity contribution is 6.14. The lowest BCUT2D eigenvalue weighted by Crippen LogP contribution is -2.65. The van der Waals surface area contributed by atoms with Crippen LogP contribution < -0.4 is 0 Å². The summed E-state index contributed by atoms with van der Waals surface area (Å²) in [5.41, 5.74) is -5.28. The monoisotopic (exact) mass is 274 g/mol. The van der Waals surface area contributed by atoms with E-state index in [1.165, 1.54) is 6.92 Å². The molecule has 4 radical (unpaired) electrons. The van der Waals surface area contributed by atoms with E-state index < -0.39 is 42.1 Å². The lowest BCUT2D eigenvalue weighted by molar-refractivity contribution is -0.391. The summed E-state index contributed by atoms with van der Waals surface area (Å²) in [6.45, 7) is 1.28. The summed E-state index contributed by atoms with van der Waals surface area (Å²) >= 11 is 0. The van der Waals surface area contributed by atoms with Crippen molar-refractivity contribution in [3.8, 4) is 0 Å². The number of rotatable bonds is 4.